The summed E-state index contributed by atoms with van der Waals surface area (Å²) >= 11 is 0. The molecule has 1 amide bonds. The van der Waals surface area contributed by atoms with Crippen molar-refractivity contribution in [3.8, 4) is 0 Å². The molecule has 1 heterocycles. The molecule has 15 heavy (non-hydrogen) atoms. The third-order valence-electron chi connectivity index (χ3n) is 2.07. The number of rotatable bonds is 3. The van der Waals surface area contributed by atoms with Crippen LogP contribution in [0.1, 0.15) is 32.4 Å². The molecule has 0 bridgehead atoms. The third-order valence-corrected chi connectivity index (χ3v) is 2.07. The number of nitrogens with one attached hydrogen (secondary N) is 1. The molecular weight excluding hydrogens is 194 g/mol. The Labute approximate surface area is 89.3 Å². The molecule has 0 unspecified atom stereocenters. The van der Waals surface area contributed by atoms with E-state index in [0.717, 1.165) is 0 Å². The molecule has 4 nitrogen and oxygen atoms in total. The highest BCUT2D eigenvalue weighted by atomic mass is 16.3. The Bertz CT molecular complexity index is 311. The number of amides is 1. The number of hydrogen-bond acceptors (Lipinski definition) is 3. The molecule has 0 aliphatic rings. The lowest BCUT2D eigenvalue weighted by atomic mass is 9.95. The number of carbonyl (C=O) groups excluding carboxylic acids is 1. The zero-order chi connectivity index (χ0) is 11.5. The molecule has 0 radical (unpaired) electrons. The maximum Gasteiger partial charge on any atom is 0.225 e. The summed E-state index contributed by atoms with van der Waals surface area (Å²) in [6, 6.07) is 1.67. The molecule has 2 N–H and O–H groups in total. The van der Waals surface area contributed by atoms with Gasteiger partial charge in [-0.25, -0.2) is 0 Å². The second kappa shape index (κ2) is 4.49. The van der Waals surface area contributed by atoms with Crippen LogP contribution in [0.3, 0.4) is 0 Å². The minimum absolute atomic E-state index is 0.0787. The van der Waals surface area contributed by atoms with Gasteiger partial charge in [-0.2, -0.15) is 0 Å². The molecule has 1 atom stereocenters. The lowest BCUT2D eigenvalue weighted by Crippen LogP contribution is -2.37. The molecular formula is C11H17NO3. The van der Waals surface area contributed by atoms with Gasteiger partial charge in [0, 0.05) is 17.5 Å². The van der Waals surface area contributed by atoms with Gasteiger partial charge in [-0.05, 0) is 6.07 Å². The molecule has 0 aliphatic carbocycles. The van der Waals surface area contributed by atoms with Gasteiger partial charge in [0.05, 0.1) is 18.6 Å². The Hall–Kier alpha value is -1.29. The van der Waals surface area contributed by atoms with E-state index in [4.69, 9.17) is 4.42 Å². The van der Waals surface area contributed by atoms with Crippen molar-refractivity contribution in [2.24, 2.45) is 5.41 Å². The second-order valence-electron chi connectivity index (χ2n) is 4.53. The zero-order valence-electron chi connectivity index (χ0n) is 9.28. The van der Waals surface area contributed by atoms with Gasteiger partial charge in [-0.1, -0.05) is 20.8 Å². The predicted molar refractivity (Wildman–Crippen MR) is 56.1 cm³/mol. The molecule has 1 aromatic heterocycles. The molecule has 1 aromatic rings. The summed E-state index contributed by atoms with van der Waals surface area (Å²) in [5.74, 6) is -0.0787. The van der Waals surface area contributed by atoms with Crippen LogP contribution >= 0.6 is 0 Å². The fourth-order valence-electron chi connectivity index (χ4n) is 1.04. The van der Waals surface area contributed by atoms with E-state index >= 15 is 0 Å². The summed E-state index contributed by atoms with van der Waals surface area (Å²) in [5.41, 5.74) is 0.236. The van der Waals surface area contributed by atoms with Crippen LogP contribution in [0.2, 0.25) is 0 Å². The first-order chi connectivity index (χ1) is 6.91. The quantitative estimate of drug-likeness (QED) is 0.796. The standard InChI is InChI=1S/C11H17NO3/c1-11(2,3)10(14)12-6-9(13)8-4-5-15-7-8/h4-5,7,9,13H,6H2,1-3H3,(H,12,14)/t9-/m0/s1. The molecule has 84 valence electrons. The second-order valence-corrected chi connectivity index (χ2v) is 4.53. The van der Waals surface area contributed by atoms with Crippen molar-refractivity contribution in [3.63, 3.8) is 0 Å². The summed E-state index contributed by atoms with van der Waals surface area (Å²) in [6.45, 7) is 5.68. The van der Waals surface area contributed by atoms with Gasteiger partial charge in [0.15, 0.2) is 0 Å². The Morgan fingerprint density at radius 3 is 2.73 bits per heavy atom. The molecule has 0 spiro atoms. The van der Waals surface area contributed by atoms with Crippen LogP contribution in [0.25, 0.3) is 0 Å². The first-order valence-electron chi connectivity index (χ1n) is 4.89. The van der Waals surface area contributed by atoms with E-state index in [1.807, 2.05) is 20.8 Å². The van der Waals surface area contributed by atoms with Gasteiger partial charge in [0.25, 0.3) is 0 Å². The van der Waals surface area contributed by atoms with E-state index in [1.165, 1.54) is 12.5 Å². The lowest BCUT2D eigenvalue weighted by molar-refractivity contribution is -0.129. The fraction of sp³-hybridized carbons (Fsp3) is 0.545. The van der Waals surface area contributed by atoms with Crippen molar-refractivity contribution >= 4 is 5.91 Å². The van der Waals surface area contributed by atoms with Gasteiger partial charge in [0.1, 0.15) is 0 Å². The fourth-order valence-corrected chi connectivity index (χ4v) is 1.04. The van der Waals surface area contributed by atoms with E-state index in [9.17, 15) is 9.90 Å². The van der Waals surface area contributed by atoms with Crippen LogP contribution in [0.5, 0.6) is 0 Å². The Morgan fingerprint density at radius 1 is 1.60 bits per heavy atom. The van der Waals surface area contributed by atoms with Gasteiger partial charge >= 0.3 is 0 Å². The highest BCUT2D eigenvalue weighted by Crippen LogP contribution is 2.15. The summed E-state index contributed by atoms with van der Waals surface area (Å²) in [5, 5.41) is 12.3. The van der Waals surface area contributed by atoms with Gasteiger partial charge in [0.2, 0.25) is 5.91 Å². The van der Waals surface area contributed by atoms with Crippen molar-refractivity contribution in [1.29, 1.82) is 0 Å². The SMILES string of the molecule is CC(C)(C)C(=O)NC[C@H](O)c1ccoc1. The summed E-state index contributed by atoms with van der Waals surface area (Å²) in [6.07, 6.45) is 2.24. The van der Waals surface area contributed by atoms with Crippen LogP contribution < -0.4 is 5.32 Å². The molecule has 0 fully saturated rings. The van der Waals surface area contributed by atoms with Crippen molar-refractivity contribution in [2.75, 3.05) is 6.54 Å². The summed E-state index contributed by atoms with van der Waals surface area (Å²) in [4.78, 5) is 11.5. The molecule has 0 aliphatic heterocycles. The highest BCUT2D eigenvalue weighted by molar-refractivity contribution is 5.81. The minimum atomic E-state index is -0.713. The topological polar surface area (TPSA) is 62.5 Å². The van der Waals surface area contributed by atoms with E-state index in [0.29, 0.717) is 5.56 Å². The summed E-state index contributed by atoms with van der Waals surface area (Å²) in [7, 11) is 0. The predicted octanol–water partition coefficient (Wildman–Crippen LogP) is 1.48. The third kappa shape index (κ3) is 3.40. The highest BCUT2D eigenvalue weighted by Gasteiger charge is 2.21. The maximum absolute atomic E-state index is 11.5. The van der Waals surface area contributed by atoms with Crippen molar-refractivity contribution < 1.29 is 14.3 Å². The first-order valence-corrected chi connectivity index (χ1v) is 4.89. The van der Waals surface area contributed by atoms with E-state index in [2.05, 4.69) is 5.32 Å². The Balaban J connectivity index is 2.42. The Morgan fingerprint density at radius 2 is 2.27 bits per heavy atom. The lowest BCUT2D eigenvalue weighted by Gasteiger charge is -2.19. The van der Waals surface area contributed by atoms with Crippen LogP contribution in [0.15, 0.2) is 23.0 Å². The largest absolute Gasteiger partial charge is 0.472 e. The number of carbonyl (C=O) groups is 1. The van der Waals surface area contributed by atoms with E-state index in [1.54, 1.807) is 6.07 Å². The van der Waals surface area contributed by atoms with Crippen LogP contribution in [0.4, 0.5) is 0 Å². The molecule has 0 saturated carbocycles. The van der Waals surface area contributed by atoms with Gasteiger partial charge < -0.3 is 14.8 Å². The smallest absolute Gasteiger partial charge is 0.225 e. The molecule has 1 rings (SSSR count). The van der Waals surface area contributed by atoms with Gasteiger partial charge in [-0.3, -0.25) is 4.79 Å². The van der Waals surface area contributed by atoms with E-state index < -0.39 is 11.5 Å². The monoisotopic (exact) mass is 211 g/mol. The normalized spacial score (nSPS) is 13.6. The van der Waals surface area contributed by atoms with Crippen molar-refractivity contribution in [1.82, 2.24) is 5.32 Å². The minimum Gasteiger partial charge on any atom is -0.472 e. The number of furan rings is 1. The zero-order valence-corrected chi connectivity index (χ0v) is 9.28. The average molecular weight is 211 g/mol. The molecule has 0 saturated heterocycles. The number of aliphatic hydroxyl groups excluding tert-OH is 1. The Kier molecular flexibility index (Phi) is 3.52. The van der Waals surface area contributed by atoms with Crippen LogP contribution in [-0.2, 0) is 4.79 Å². The van der Waals surface area contributed by atoms with E-state index in [-0.39, 0.29) is 12.5 Å². The molecule has 0 aromatic carbocycles. The number of hydrogen-bond donors (Lipinski definition) is 2. The van der Waals surface area contributed by atoms with Crippen LogP contribution in [-0.4, -0.2) is 17.6 Å². The first kappa shape index (κ1) is 11.8. The van der Waals surface area contributed by atoms with Crippen molar-refractivity contribution in [2.45, 2.75) is 26.9 Å². The average Bonchev–Trinajstić information content (AvgIpc) is 2.64. The molecule has 4 heteroatoms. The van der Waals surface area contributed by atoms with Gasteiger partial charge in [-0.15, -0.1) is 0 Å². The number of aliphatic hydroxyl groups is 1. The van der Waals surface area contributed by atoms with Crippen molar-refractivity contribution in [3.05, 3.63) is 24.2 Å². The van der Waals surface area contributed by atoms with Crippen LogP contribution in [0, 0.1) is 5.41 Å². The summed E-state index contributed by atoms with van der Waals surface area (Å²) < 4.78 is 4.84. The maximum atomic E-state index is 11.5.